The summed E-state index contributed by atoms with van der Waals surface area (Å²) >= 11 is 7.41. The molecule has 2 rings (SSSR count). The molecule has 2 aromatic heterocycles. The molecule has 0 saturated heterocycles. The van der Waals surface area contributed by atoms with E-state index < -0.39 is 0 Å². The second-order valence-corrected chi connectivity index (χ2v) is 5.59. The van der Waals surface area contributed by atoms with Crippen molar-refractivity contribution < 1.29 is 4.79 Å². The smallest absolute Gasteiger partial charge is 0.244 e. The first-order chi connectivity index (χ1) is 9.56. The van der Waals surface area contributed by atoms with Crippen molar-refractivity contribution in [1.29, 1.82) is 0 Å². The molecule has 1 atom stereocenters. The number of likely N-dealkylation sites (N-methyl/N-ethyl adjacent to an activating group) is 1. The average Bonchev–Trinajstić information content (AvgIpc) is 2.88. The van der Waals surface area contributed by atoms with E-state index in [1.54, 1.807) is 4.90 Å². The third kappa shape index (κ3) is 3.02. The third-order valence-corrected chi connectivity index (χ3v) is 4.07. The molecule has 0 bridgehead atoms. The van der Waals surface area contributed by atoms with Crippen molar-refractivity contribution in [2.24, 2.45) is 0 Å². The minimum atomic E-state index is -0.357. The maximum Gasteiger partial charge on any atom is 0.244 e. The van der Waals surface area contributed by atoms with Gasteiger partial charge in [0.25, 0.3) is 0 Å². The molecular weight excluding hydrogens is 296 g/mol. The molecule has 0 aliphatic carbocycles. The van der Waals surface area contributed by atoms with Crippen LogP contribution in [0.25, 0.3) is 10.2 Å². The molecule has 2 heterocycles. The topological polar surface area (TPSA) is 58.1 Å². The Morgan fingerprint density at radius 3 is 2.80 bits per heavy atom. The summed E-state index contributed by atoms with van der Waals surface area (Å²) in [6.07, 6.45) is 0. The van der Waals surface area contributed by atoms with Crippen molar-refractivity contribution in [2.45, 2.75) is 26.8 Å². The lowest BCUT2D eigenvalue weighted by molar-refractivity contribution is -0.131. The van der Waals surface area contributed by atoms with Crippen LogP contribution >= 0.6 is 22.9 Å². The lowest BCUT2D eigenvalue weighted by Gasteiger charge is -2.23. The standard InChI is InChI=1S/C13H17ClN4OS/c1-4-18(5-2)12(19)8(3)15-10-9-6-7-20-11(9)17-13(14)16-10/h6-8H,4-5H2,1-3H3,(H,15,16,17). The number of rotatable bonds is 5. The van der Waals surface area contributed by atoms with E-state index in [0.717, 1.165) is 10.2 Å². The maximum atomic E-state index is 12.3. The van der Waals surface area contributed by atoms with E-state index in [-0.39, 0.29) is 17.2 Å². The minimum absolute atomic E-state index is 0.0492. The predicted octanol–water partition coefficient (Wildman–Crippen LogP) is 3.01. The number of halogens is 1. The summed E-state index contributed by atoms with van der Waals surface area (Å²) in [6.45, 7) is 7.15. The zero-order valence-electron chi connectivity index (χ0n) is 11.7. The van der Waals surface area contributed by atoms with E-state index in [1.165, 1.54) is 11.3 Å². The van der Waals surface area contributed by atoms with Crippen LogP contribution in [-0.4, -0.2) is 39.9 Å². The molecule has 2 aromatic rings. The van der Waals surface area contributed by atoms with Crippen LogP contribution in [0.15, 0.2) is 11.4 Å². The van der Waals surface area contributed by atoms with Gasteiger partial charge in [-0.3, -0.25) is 4.79 Å². The van der Waals surface area contributed by atoms with E-state index in [4.69, 9.17) is 11.6 Å². The van der Waals surface area contributed by atoms with Gasteiger partial charge >= 0.3 is 0 Å². The van der Waals surface area contributed by atoms with E-state index in [0.29, 0.717) is 18.9 Å². The first-order valence-electron chi connectivity index (χ1n) is 6.52. The summed E-state index contributed by atoms with van der Waals surface area (Å²) < 4.78 is 0. The Morgan fingerprint density at radius 2 is 2.15 bits per heavy atom. The van der Waals surface area contributed by atoms with Gasteiger partial charge in [-0.2, -0.15) is 0 Å². The highest BCUT2D eigenvalue weighted by Crippen LogP contribution is 2.26. The summed E-state index contributed by atoms with van der Waals surface area (Å²) in [7, 11) is 0. The number of nitrogens with one attached hydrogen (secondary N) is 1. The molecule has 0 fully saturated rings. The number of anilines is 1. The summed E-state index contributed by atoms with van der Waals surface area (Å²) in [6, 6.07) is 1.57. The summed E-state index contributed by atoms with van der Waals surface area (Å²) in [4.78, 5) is 23.2. The van der Waals surface area contributed by atoms with Crippen LogP contribution in [0.5, 0.6) is 0 Å². The normalized spacial score (nSPS) is 12.4. The van der Waals surface area contributed by atoms with Crippen LogP contribution in [-0.2, 0) is 4.79 Å². The van der Waals surface area contributed by atoms with Gasteiger partial charge in [0.15, 0.2) is 0 Å². The first kappa shape index (κ1) is 15.0. The van der Waals surface area contributed by atoms with Gasteiger partial charge in [0, 0.05) is 13.1 Å². The van der Waals surface area contributed by atoms with Crippen molar-refractivity contribution >= 4 is 44.9 Å². The Balaban J connectivity index is 2.23. The Labute approximate surface area is 127 Å². The molecule has 0 saturated carbocycles. The fourth-order valence-electron chi connectivity index (χ4n) is 2.02. The van der Waals surface area contributed by atoms with Crippen molar-refractivity contribution in [1.82, 2.24) is 14.9 Å². The molecule has 20 heavy (non-hydrogen) atoms. The van der Waals surface area contributed by atoms with Crippen LogP contribution in [0.3, 0.4) is 0 Å². The van der Waals surface area contributed by atoms with Gasteiger partial charge in [-0.25, -0.2) is 9.97 Å². The number of carbonyl (C=O) groups is 1. The third-order valence-electron chi connectivity index (χ3n) is 3.10. The zero-order chi connectivity index (χ0) is 14.7. The lowest BCUT2D eigenvalue weighted by Crippen LogP contribution is -2.41. The molecule has 5 nitrogen and oxygen atoms in total. The van der Waals surface area contributed by atoms with Crippen LogP contribution < -0.4 is 5.32 Å². The molecule has 1 amide bonds. The van der Waals surface area contributed by atoms with Crippen LogP contribution in [0.4, 0.5) is 5.82 Å². The van der Waals surface area contributed by atoms with Gasteiger partial charge in [0.1, 0.15) is 16.7 Å². The Hall–Kier alpha value is -1.40. The van der Waals surface area contributed by atoms with Gasteiger partial charge in [-0.05, 0) is 43.8 Å². The number of hydrogen-bond acceptors (Lipinski definition) is 5. The monoisotopic (exact) mass is 312 g/mol. The van der Waals surface area contributed by atoms with Gasteiger partial charge in [-0.15, -0.1) is 11.3 Å². The highest BCUT2D eigenvalue weighted by Gasteiger charge is 2.19. The first-order valence-corrected chi connectivity index (χ1v) is 7.78. The van der Waals surface area contributed by atoms with Crippen LogP contribution in [0.1, 0.15) is 20.8 Å². The fraction of sp³-hybridized carbons (Fsp3) is 0.462. The zero-order valence-corrected chi connectivity index (χ0v) is 13.3. The predicted molar refractivity (Wildman–Crippen MR) is 83.4 cm³/mol. The van der Waals surface area contributed by atoms with Crippen molar-refractivity contribution in [3.63, 3.8) is 0 Å². The minimum Gasteiger partial charge on any atom is -0.358 e. The quantitative estimate of drug-likeness (QED) is 0.862. The molecule has 1 N–H and O–H groups in total. The molecule has 108 valence electrons. The number of carbonyl (C=O) groups excluding carboxylic acids is 1. The average molecular weight is 313 g/mol. The van der Waals surface area contributed by atoms with E-state index in [9.17, 15) is 4.79 Å². The lowest BCUT2D eigenvalue weighted by atomic mass is 10.2. The molecule has 0 aliphatic heterocycles. The number of amides is 1. The Bertz CT molecular complexity index is 611. The van der Waals surface area contributed by atoms with Crippen molar-refractivity contribution in [2.75, 3.05) is 18.4 Å². The van der Waals surface area contributed by atoms with E-state index >= 15 is 0 Å². The highest BCUT2D eigenvalue weighted by atomic mass is 35.5. The molecule has 0 aromatic carbocycles. The van der Waals surface area contributed by atoms with Gasteiger partial charge in [0.05, 0.1) is 5.39 Å². The molecule has 0 spiro atoms. The molecule has 0 aliphatic rings. The van der Waals surface area contributed by atoms with Crippen molar-refractivity contribution in [3.05, 3.63) is 16.7 Å². The number of fused-ring (bicyclic) bond motifs is 1. The fourth-order valence-corrected chi connectivity index (χ4v) is 3.00. The number of hydrogen-bond donors (Lipinski definition) is 1. The van der Waals surface area contributed by atoms with Gasteiger partial charge in [-0.1, -0.05) is 0 Å². The van der Waals surface area contributed by atoms with Gasteiger partial charge < -0.3 is 10.2 Å². The number of nitrogens with zero attached hydrogens (tertiary/aromatic N) is 3. The maximum absolute atomic E-state index is 12.3. The highest BCUT2D eigenvalue weighted by molar-refractivity contribution is 7.16. The second-order valence-electron chi connectivity index (χ2n) is 4.36. The van der Waals surface area contributed by atoms with Crippen molar-refractivity contribution in [3.8, 4) is 0 Å². The molecule has 1 unspecified atom stereocenters. The van der Waals surface area contributed by atoms with E-state index in [2.05, 4.69) is 15.3 Å². The van der Waals surface area contributed by atoms with E-state index in [1.807, 2.05) is 32.2 Å². The molecular formula is C13H17ClN4OS. The second kappa shape index (κ2) is 6.37. The largest absolute Gasteiger partial charge is 0.358 e. The summed E-state index contributed by atoms with van der Waals surface area (Å²) in [5, 5.41) is 6.14. The number of thiophene rings is 1. The Morgan fingerprint density at radius 1 is 1.45 bits per heavy atom. The molecule has 7 heteroatoms. The summed E-state index contributed by atoms with van der Waals surface area (Å²) in [5.41, 5.74) is 0. The SMILES string of the molecule is CCN(CC)C(=O)C(C)Nc1nc(Cl)nc2sccc12. The molecule has 0 radical (unpaired) electrons. The number of aromatic nitrogens is 2. The van der Waals surface area contributed by atoms with Crippen LogP contribution in [0, 0.1) is 0 Å². The van der Waals surface area contributed by atoms with Crippen LogP contribution in [0.2, 0.25) is 5.28 Å². The Kier molecular flexibility index (Phi) is 4.77. The summed E-state index contributed by atoms with van der Waals surface area (Å²) in [5.74, 6) is 0.655. The van der Waals surface area contributed by atoms with Gasteiger partial charge in [0.2, 0.25) is 11.2 Å².